The maximum Gasteiger partial charge on any atom is 0.252 e. The highest BCUT2D eigenvalue weighted by molar-refractivity contribution is 5.97. The van der Waals surface area contributed by atoms with Crippen LogP contribution in [0.3, 0.4) is 0 Å². The SMILES string of the molecule is Cc1nn(C)c2ncc(C(=O)NCC(N)c3ccc(C(C)C)cc3)cc12.Cl.Cl. The first-order valence-corrected chi connectivity index (χ1v) is 8.79. The van der Waals surface area contributed by atoms with Crippen molar-refractivity contribution in [3.63, 3.8) is 0 Å². The Bertz CT molecular complexity index is 938. The van der Waals surface area contributed by atoms with Gasteiger partial charge in [-0.1, -0.05) is 38.1 Å². The van der Waals surface area contributed by atoms with Crippen molar-refractivity contribution >= 4 is 41.8 Å². The second-order valence-corrected chi connectivity index (χ2v) is 6.94. The van der Waals surface area contributed by atoms with Crippen molar-refractivity contribution in [1.82, 2.24) is 20.1 Å². The molecule has 3 aromatic rings. The summed E-state index contributed by atoms with van der Waals surface area (Å²) in [4.78, 5) is 16.8. The molecule has 3 rings (SSSR count). The van der Waals surface area contributed by atoms with Crippen molar-refractivity contribution in [3.8, 4) is 0 Å². The number of hydrogen-bond acceptors (Lipinski definition) is 4. The van der Waals surface area contributed by atoms with Crippen molar-refractivity contribution < 1.29 is 4.79 Å². The molecule has 2 heterocycles. The number of nitrogens with two attached hydrogens (primary N) is 1. The van der Waals surface area contributed by atoms with E-state index in [2.05, 4.69) is 41.4 Å². The van der Waals surface area contributed by atoms with Gasteiger partial charge in [-0.05, 0) is 30.0 Å². The third-order valence-electron chi connectivity index (χ3n) is 4.64. The Kier molecular flexibility index (Phi) is 8.42. The molecular weight excluding hydrogens is 397 g/mol. The smallest absolute Gasteiger partial charge is 0.252 e. The lowest BCUT2D eigenvalue weighted by Crippen LogP contribution is -2.32. The molecule has 0 saturated heterocycles. The molecule has 8 heteroatoms. The number of carbonyl (C=O) groups is 1. The fourth-order valence-corrected chi connectivity index (χ4v) is 2.98. The largest absolute Gasteiger partial charge is 0.350 e. The van der Waals surface area contributed by atoms with E-state index in [1.165, 1.54) is 5.56 Å². The Morgan fingerprint density at radius 1 is 1.18 bits per heavy atom. The van der Waals surface area contributed by atoms with E-state index in [1.54, 1.807) is 10.9 Å². The topological polar surface area (TPSA) is 85.8 Å². The Morgan fingerprint density at radius 2 is 1.79 bits per heavy atom. The molecule has 152 valence electrons. The average molecular weight is 424 g/mol. The van der Waals surface area contributed by atoms with Gasteiger partial charge in [0.25, 0.3) is 5.91 Å². The van der Waals surface area contributed by atoms with Crippen molar-refractivity contribution in [3.05, 3.63) is 58.9 Å². The van der Waals surface area contributed by atoms with Crippen molar-refractivity contribution in [2.45, 2.75) is 32.7 Å². The molecule has 0 radical (unpaired) electrons. The number of rotatable bonds is 5. The Balaban J connectivity index is 0.00000196. The van der Waals surface area contributed by atoms with Crippen LogP contribution >= 0.6 is 24.8 Å². The number of pyridine rings is 1. The number of fused-ring (bicyclic) bond motifs is 1. The lowest BCUT2D eigenvalue weighted by atomic mass is 9.99. The number of aromatic nitrogens is 3. The Labute approximate surface area is 177 Å². The van der Waals surface area contributed by atoms with Crippen LogP contribution in [0.25, 0.3) is 11.0 Å². The fraction of sp³-hybridized carbons (Fsp3) is 0.350. The third-order valence-corrected chi connectivity index (χ3v) is 4.64. The molecule has 0 aliphatic heterocycles. The summed E-state index contributed by atoms with van der Waals surface area (Å²) in [7, 11) is 1.84. The number of nitrogens with one attached hydrogen (secondary N) is 1. The fourth-order valence-electron chi connectivity index (χ4n) is 2.98. The van der Waals surface area contributed by atoms with Crippen LogP contribution < -0.4 is 11.1 Å². The molecule has 1 amide bonds. The van der Waals surface area contributed by atoms with Gasteiger partial charge in [0.05, 0.1) is 11.3 Å². The molecule has 0 spiro atoms. The molecule has 2 aromatic heterocycles. The van der Waals surface area contributed by atoms with E-state index in [9.17, 15) is 4.79 Å². The molecular formula is C20H27Cl2N5O. The highest BCUT2D eigenvalue weighted by Crippen LogP contribution is 2.18. The van der Waals surface area contributed by atoms with Gasteiger partial charge in [-0.2, -0.15) is 5.10 Å². The number of carbonyl (C=O) groups excluding carboxylic acids is 1. The number of aryl methyl sites for hydroxylation is 2. The number of amides is 1. The van der Waals surface area contributed by atoms with Crippen LogP contribution in [0.2, 0.25) is 0 Å². The molecule has 28 heavy (non-hydrogen) atoms. The standard InChI is InChI=1S/C20H25N5O.2ClH/c1-12(2)14-5-7-15(8-6-14)18(21)11-23-20(26)16-9-17-13(3)24-25(4)19(17)22-10-16;;/h5-10,12,18H,11,21H2,1-4H3,(H,23,26);2*1H. The predicted molar refractivity (Wildman–Crippen MR) is 118 cm³/mol. The minimum absolute atomic E-state index is 0. The van der Waals surface area contributed by atoms with E-state index < -0.39 is 0 Å². The van der Waals surface area contributed by atoms with Gasteiger partial charge in [0.2, 0.25) is 0 Å². The third kappa shape index (κ3) is 5.01. The molecule has 0 aliphatic rings. The summed E-state index contributed by atoms with van der Waals surface area (Å²) in [5, 5.41) is 8.10. The summed E-state index contributed by atoms with van der Waals surface area (Å²) in [6.07, 6.45) is 1.57. The van der Waals surface area contributed by atoms with E-state index in [1.807, 2.05) is 32.2 Å². The first-order valence-electron chi connectivity index (χ1n) is 8.79. The van der Waals surface area contributed by atoms with Crippen LogP contribution in [-0.2, 0) is 7.05 Å². The van der Waals surface area contributed by atoms with Gasteiger partial charge in [-0.25, -0.2) is 4.98 Å². The summed E-state index contributed by atoms with van der Waals surface area (Å²) in [5.41, 5.74) is 10.6. The van der Waals surface area contributed by atoms with E-state index in [0.717, 1.165) is 22.3 Å². The zero-order valence-corrected chi connectivity index (χ0v) is 18.1. The van der Waals surface area contributed by atoms with Crippen molar-refractivity contribution in [1.29, 1.82) is 0 Å². The van der Waals surface area contributed by atoms with Crippen LogP contribution in [0.15, 0.2) is 36.5 Å². The highest BCUT2D eigenvalue weighted by Gasteiger charge is 2.13. The van der Waals surface area contributed by atoms with E-state index in [-0.39, 0.29) is 36.8 Å². The van der Waals surface area contributed by atoms with Gasteiger partial charge in [-0.15, -0.1) is 24.8 Å². The zero-order chi connectivity index (χ0) is 18.8. The lowest BCUT2D eigenvalue weighted by molar-refractivity contribution is 0.0951. The second kappa shape index (κ2) is 9.87. The maximum atomic E-state index is 12.5. The minimum atomic E-state index is -0.253. The van der Waals surface area contributed by atoms with Crippen LogP contribution in [0.1, 0.15) is 53.0 Å². The van der Waals surface area contributed by atoms with Crippen LogP contribution in [-0.4, -0.2) is 27.2 Å². The van der Waals surface area contributed by atoms with Gasteiger partial charge < -0.3 is 11.1 Å². The molecule has 3 N–H and O–H groups in total. The molecule has 1 atom stereocenters. The summed E-state index contributed by atoms with van der Waals surface area (Å²) in [5.74, 6) is 0.301. The van der Waals surface area contributed by atoms with Gasteiger partial charge in [-0.3, -0.25) is 9.48 Å². The molecule has 0 fully saturated rings. The van der Waals surface area contributed by atoms with Crippen molar-refractivity contribution in [2.24, 2.45) is 12.8 Å². The summed E-state index contributed by atoms with van der Waals surface area (Å²) in [6.45, 7) is 6.58. The number of hydrogen-bond donors (Lipinski definition) is 2. The summed E-state index contributed by atoms with van der Waals surface area (Å²) >= 11 is 0. The monoisotopic (exact) mass is 423 g/mol. The first-order chi connectivity index (χ1) is 12.4. The molecule has 0 aliphatic carbocycles. The Hall–Kier alpha value is -2.15. The molecule has 0 saturated carbocycles. The van der Waals surface area contributed by atoms with Crippen LogP contribution in [0.5, 0.6) is 0 Å². The molecule has 6 nitrogen and oxygen atoms in total. The van der Waals surface area contributed by atoms with Crippen molar-refractivity contribution in [2.75, 3.05) is 6.54 Å². The quantitative estimate of drug-likeness (QED) is 0.655. The summed E-state index contributed by atoms with van der Waals surface area (Å²) < 4.78 is 1.71. The first kappa shape index (κ1) is 23.9. The second-order valence-electron chi connectivity index (χ2n) is 6.94. The van der Waals surface area contributed by atoms with Gasteiger partial charge in [0.15, 0.2) is 5.65 Å². The van der Waals surface area contributed by atoms with Crippen LogP contribution in [0.4, 0.5) is 0 Å². The minimum Gasteiger partial charge on any atom is -0.350 e. The predicted octanol–water partition coefficient (Wildman–Crippen LogP) is 3.67. The maximum absolute atomic E-state index is 12.5. The normalized spacial score (nSPS) is 11.6. The zero-order valence-electron chi connectivity index (χ0n) is 16.5. The summed E-state index contributed by atoms with van der Waals surface area (Å²) in [6, 6.07) is 9.80. The highest BCUT2D eigenvalue weighted by atomic mass is 35.5. The van der Waals surface area contributed by atoms with E-state index in [0.29, 0.717) is 18.0 Å². The average Bonchev–Trinajstić information content (AvgIpc) is 2.93. The lowest BCUT2D eigenvalue weighted by Gasteiger charge is -2.14. The molecule has 1 unspecified atom stereocenters. The molecule has 1 aromatic carbocycles. The van der Waals surface area contributed by atoms with Gasteiger partial charge in [0.1, 0.15) is 0 Å². The van der Waals surface area contributed by atoms with E-state index in [4.69, 9.17) is 5.73 Å². The van der Waals surface area contributed by atoms with Gasteiger partial charge in [0, 0.05) is 31.2 Å². The Morgan fingerprint density at radius 3 is 2.39 bits per heavy atom. The number of halogens is 2. The number of benzene rings is 1. The number of nitrogens with zero attached hydrogens (tertiary/aromatic N) is 3. The van der Waals surface area contributed by atoms with E-state index >= 15 is 0 Å². The van der Waals surface area contributed by atoms with Crippen LogP contribution in [0, 0.1) is 6.92 Å². The molecule has 0 bridgehead atoms. The van der Waals surface area contributed by atoms with Gasteiger partial charge >= 0.3 is 0 Å².